The molecule has 0 heterocycles. The first-order valence-electron chi connectivity index (χ1n) is 10.0. The highest BCUT2D eigenvalue weighted by atomic mass is 79.9. The second-order valence-electron chi connectivity index (χ2n) is 7.12. The van der Waals surface area contributed by atoms with Gasteiger partial charge in [-0.15, -0.1) is 0 Å². The lowest BCUT2D eigenvalue weighted by atomic mass is 10.1. The van der Waals surface area contributed by atoms with Crippen LogP contribution in [0.15, 0.2) is 101 Å². The smallest absolute Gasteiger partial charge is 0.344 e. The minimum absolute atomic E-state index is 0.0406. The molecule has 0 radical (unpaired) electrons. The Morgan fingerprint density at radius 3 is 2.30 bits per heavy atom. The van der Waals surface area contributed by atoms with Gasteiger partial charge < -0.3 is 10.1 Å². The molecule has 0 aliphatic rings. The number of halogens is 1. The van der Waals surface area contributed by atoms with Gasteiger partial charge in [0.2, 0.25) is 0 Å². The number of carbonyl (C=O) groups is 2. The van der Waals surface area contributed by atoms with Crippen LogP contribution in [0, 0.1) is 11.3 Å². The highest BCUT2D eigenvalue weighted by Gasteiger charge is 2.13. The van der Waals surface area contributed by atoms with E-state index in [9.17, 15) is 14.9 Å². The minimum Gasteiger partial charge on any atom is -0.423 e. The number of nitrogens with one attached hydrogen (secondary N) is 1. The van der Waals surface area contributed by atoms with Gasteiger partial charge in [0.05, 0.1) is 5.56 Å². The van der Waals surface area contributed by atoms with E-state index in [0.29, 0.717) is 27.0 Å². The largest absolute Gasteiger partial charge is 0.423 e. The quantitative estimate of drug-likeness (QED) is 0.151. The molecule has 4 rings (SSSR count). The van der Waals surface area contributed by atoms with Crippen LogP contribution in [0.2, 0.25) is 0 Å². The molecule has 0 saturated heterocycles. The van der Waals surface area contributed by atoms with E-state index in [1.165, 1.54) is 6.08 Å². The molecule has 0 unspecified atom stereocenters. The molecule has 0 saturated carbocycles. The summed E-state index contributed by atoms with van der Waals surface area (Å²) in [5, 5.41) is 14.3. The first-order chi connectivity index (χ1) is 16.0. The Balaban J connectivity index is 1.46. The molecule has 0 bridgehead atoms. The summed E-state index contributed by atoms with van der Waals surface area (Å²) in [6, 6.07) is 28.9. The van der Waals surface area contributed by atoms with Gasteiger partial charge in [0.25, 0.3) is 5.91 Å². The topological polar surface area (TPSA) is 79.2 Å². The van der Waals surface area contributed by atoms with Crippen molar-refractivity contribution in [3.63, 3.8) is 0 Å². The average molecular weight is 497 g/mol. The number of nitriles is 1. The van der Waals surface area contributed by atoms with Crippen LogP contribution in [0.3, 0.4) is 0 Å². The SMILES string of the molecule is N#C/C(=C\c1ccc(OC(=O)c2ccccc2Br)cc1)C(=O)Nc1ccc2ccccc2c1. The first kappa shape index (κ1) is 22.0. The van der Waals surface area contributed by atoms with Gasteiger partial charge in [0, 0.05) is 10.2 Å². The van der Waals surface area contributed by atoms with Crippen molar-refractivity contribution in [2.24, 2.45) is 0 Å². The molecule has 1 N–H and O–H groups in total. The van der Waals surface area contributed by atoms with Crippen LogP contribution >= 0.6 is 15.9 Å². The van der Waals surface area contributed by atoms with Crippen molar-refractivity contribution < 1.29 is 14.3 Å². The van der Waals surface area contributed by atoms with Crippen molar-refractivity contribution in [2.75, 3.05) is 5.32 Å². The molecule has 4 aromatic rings. The Labute approximate surface area is 199 Å². The first-order valence-corrected chi connectivity index (χ1v) is 10.8. The molecular formula is C27H17BrN2O3. The third-order valence-electron chi connectivity index (χ3n) is 4.87. The number of nitrogens with zero attached hydrogens (tertiary/aromatic N) is 1. The molecule has 6 heteroatoms. The number of carbonyl (C=O) groups excluding carboxylic acids is 2. The number of anilines is 1. The zero-order chi connectivity index (χ0) is 23.2. The van der Waals surface area contributed by atoms with Gasteiger partial charge in [-0.05, 0) is 74.7 Å². The predicted molar refractivity (Wildman–Crippen MR) is 132 cm³/mol. The highest BCUT2D eigenvalue weighted by molar-refractivity contribution is 9.10. The zero-order valence-electron chi connectivity index (χ0n) is 17.3. The lowest BCUT2D eigenvalue weighted by Gasteiger charge is -2.07. The van der Waals surface area contributed by atoms with Gasteiger partial charge in [-0.25, -0.2) is 4.79 Å². The average Bonchev–Trinajstić information content (AvgIpc) is 2.83. The number of esters is 1. The van der Waals surface area contributed by atoms with Crippen LogP contribution in [0.4, 0.5) is 5.69 Å². The van der Waals surface area contributed by atoms with Crippen molar-refractivity contribution >= 4 is 50.3 Å². The number of amides is 1. The molecular weight excluding hydrogens is 480 g/mol. The van der Waals surface area contributed by atoms with Crippen molar-refractivity contribution in [3.05, 3.63) is 112 Å². The monoisotopic (exact) mass is 496 g/mol. The van der Waals surface area contributed by atoms with E-state index in [2.05, 4.69) is 21.2 Å². The third kappa shape index (κ3) is 5.35. The van der Waals surface area contributed by atoms with E-state index < -0.39 is 11.9 Å². The lowest BCUT2D eigenvalue weighted by molar-refractivity contribution is -0.112. The Kier molecular flexibility index (Phi) is 6.63. The summed E-state index contributed by atoms with van der Waals surface area (Å²) in [6.45, 7) is 0. The summed E-state index contributed by atoms with van der Waals surface area (Å²) < 4.78 is 6.04. The van der Waals surface area contributed by atoms with Crippen molar-refractivity contribution in [2.45, 2.75) is 0 Å². The van der Waals surface area contributed by atoms with E-state index in [1.54, 1.807) is 48.5 Å². The predicted octanol–water partition coefficient (Wildman–Crippen LogP) is 6.37. The summed E-state index contributed by atoms with van der Waals surface area (Å²) >= 11 is 3.33. The van der Waals surface area contributed by atoms with Crippen molar-refractivity contribution in [3.8, 4) is 11.8 Å². The van der Waals surface area contributed by atoms with Gasteiger partial charge in [-0.2, -0.15) is 5.26 Å². The van der Waals surface area contributed by atoms with Gasteiger partial charge in [-0.1, -0.05) is 54.6 Å². The summed E-state index contributed by atoms with van der Waals surface area (Å²) in [4.78, 5) is 24.9. The van der Waals surface area contributed by atoms with Crippen LogP contribution in [-0.2, 0) is 4.79 Å². The number of hydrogen-bond donors (Lipinski definition) is 1. The van der Waals surface area contributed by atoms with Gasteiger partial charge >= 0.3 is 5.97 Å². The van der Waals surface area contributed by atoms with E-state index in [-0.39, 0.29) is 5.57 Å². The van der Waals surface area contributed by atoms with Gasteiger partial charge in [0.15, 0.2) is 0 Å². The minimum atomic E-state index is -0.503. The van der Waals surface area contributed by atoms with Crippen LogP contribution in [-0.4, -0.2) is 11.9 Å². The highest BCUT2D eigenvalue weighted by Crippen LogP contribution is 2.22. The maximum Gasteiger partial charge on any atom is 0.344 e. The number of rotatable bonds is 5. The van der Waals surface area contributed by atoms with E-state index in [1.807, 2.05) is 48.5 Å². The molecule has 0 aliphatic carbocycles. The fraction of sp³-hybridized carbons (Fsp3) is 0. The maximum absolute atomic E-state index is 12.6. The van der Waals surface area contributed by atoms with Gasteiger partial charge in [0.1, 0.15) is 17.4 Å². The van der Waals surface area contributed by atoms with E-state index in [4.69, 9.17) is 4.74 Å². The Bertz CT molecular complexity index is 1420. The van der Waals surface area contributed by atoms with E-state index in [0.717, 1.165) is 10.8 Å². The molecule has 0 aliphatic heterocycles. The number of fused-ring (bicyclic) bond motifs is 1. The molecule has 0 atom stereocenters. The number of benzene rings is 4. The normalized spacial score (nSPS) is 11.0. The summed E-state index contributed by atoms with van der Waals surface area (Å²) in [5.41, 5.74) is 1.61. The van der Waals surface area contributed by atoms with Crippen LogP contribution < -0.4 is 10.1 Å². The van der Waals surface area contributed by atoms with E-state index >= 15 is 0 Å². The maximum atomic E-state index is 12.6. The van der Waals surface area contributed by atoms with Crippen LogP contribution in [0.25, 0.3) is 16.8 Å². The molecule has 0 aromatic heterocycles. The van der Waals surface area contributed by atoms with Gasteiger partial charge in [-0.3, -0.25) is 4.79 Å². The van der Waals surface area contributed by atoms with Crippen molar-refractivity contribution in [1.29, 1.82) is 5.26 Å². The fourth-order valence-electron chi connectivity index (χ4n) is 3.20. The Morgan fingerprint density at radius 1 is 0.879 bits per heavy atom. The second-order valence-corrected chi connectivity index (χ2v) is 7.98. The zero-order valence-corrected chi connectivity index (χ0v) is 18.9. The summed E-state index contributed by atoms with van der Waals surface area (Å²) in [5.74, 6) is -0.637. The van der Waals surface area contributed by atoms with Crippen LogP contribution in [0.5, 0.6) is 5.75 Å². The number of hydrogen-bond acceptors (Lipinski definition) is 4. The number of ether oxygens (including phenoxy) is 1. The molecule has 4 aromatic carbocycles. The molecule has 1 amide bonds. The fourth-order valence-corrected chi connectivity index (χ4v) is 3.65. The lowest BCUT2D eigenvalue weighted by Crippen LogP contribution is -2.13. The molecule has 0 fully saturated rings. The van der Waals surface area contributed by atoms with Crippen LogP contribution in [0.1, 0.15) is 15.9 Å². The Morgan fingerprint density at radius 2 is 1.58 bits per heavy atom. The Hall–Kier alpha value is -4.21. The molecule has 160 valence electrons. The summed E-state index contributed by atoms with van der Waals surface area (Å²) in [7, 11) is 0. The second kappa shape index (κ2) is 9.94. The van der Waals surface area contributed by atoms with Crippen molar-refractivity contribution in [1.82, 2.24) is 0 Å². The molecule has 33 heavy (non-hydrogen) atoms. The molecule has 5 nitrogen and oxygen atoms in total. The third-order valence-corrected chi connectivity index (χ3v) is 5.56. The summed E-state index contributed by atoms with van der Waals surface area (Å²) in [6.07, 6.45) is 1.48. The standard InChI is InChI=1S/C27H17BrN2O3/c28-25-8-4-3-7-24(25)27(32)33-23-13-9-18(10-14-23)15-21(17-29)26(31)30-22-12-11-19-5-1-2-6-20(19)16-22/h1-16H,(H,30,31)/b21-15+. The molecule has 0 spiro atoms.